The number of nitrogens with two attached hydrogens (primary N) is 1. The molecule has 3 rings (SSSR count). The van der Waals surface area contributed by atoms with E-state index in [0.29, 0.717) is 10.7 Å². The Morgan fingerprint density at radius 3 is 2.43 bits per heavy atom. The molecular weight excluding hydrogens is 380 g/mol. The summed E-state index contributed by atoms with van der Waals surface area (Å²) in [6.45, 7) is 1.98. The fourth-order valence-electron chi connectivity index (χ4n) is 2.47. The van der Waals surface area contributed by atoms with Gasteiger partial charge in [-0.3, -0.25) is 14.9 Å². The highest BCUT2D eigenvalue weighted by atomic mass is 35.5. The van der Waals surface area contributed by atoms with Gasteiger partial charge in [-0.15, -0.1) is 0 Å². The monoisotopic (exact) mass is 398 g/mol. The summed E-state index contributed by atoms with van der Waals surface area (Å²) in [7, 11) is 0. The minimum atomic E-state index is -0.863. The molecule has 28 heavy (non-hydrogen) atoms. The van der Waals surface area contributed by atoms with Crippen LogP contribution in [0.3, 0.4) is 0 Å². The second kappa shape index (κ2) is 8.53. The van der Waals surface area contributed by atoms with Gasteiger partial charge in [-0.05, 0) is 43.3 Å². The number of halogens is 1. The van der Waals surface area contributed by atoms with Crippen LogP contribution >= 0.6 is 11.6 Å². The summed E-state index contributed by atoms with van der Waals surface area (Å²) in [5.41, 5.74) is 8.31. The zero-order valence-electron chi connectivity index (χ0n) is 15.1. The van der Waals surface area contributed by atoms with Crippen LogP contribution in [0.1, 0.15) is 12.0 Å². The van der Waals surface area contributed by atoms with Crippen LogP contribution in [0.4, 0.5) is 11.4 Å². The van der Waals surface area contributed by atoms with Gasteiger partial charge >= 0.3 is 0 Å². The molecule has 0 saturated heterocycles. The summed E-state index contributed by atoms with van der Waals surface area (Å²) in [5, 5.41) is 8.68. The number of nitrogens with zero attached hydrogens (tertiary/aromatic N) is 2. The molecule has 0 radical (unpaired) electrons. The number of aliphatic imine (C=N–C) groups is 2. The van der Waals surface area contributed by atoms with Crippen LogP contribution in [-0.4, -0.2) is 29.8 Å². The van der Waals surface area contributed by atoms with Crippen molar-refractivity contribution in [2.45, 2.75) is 19.4 Å². The maximum absolute atomic E-state index is 12.1. The Kier molecular flexibility index (Phi) is 5.90. The summed E-state index contributed by atoms with van der Waals surface area (Å²) in [6, 6.07) is 13.4. The first-order chi connectivity index (χ1) is 13.4. The Morgan fingerprint density at radius 2 is 1.75 bits per heavy atom. The van der Waals surface area contributed by atoms with Gasteiger partial charge in [-0.2, -0.15) is 4.99 Å². The minimum absolute atomic E-state index is 0.0615. The number of anilines is 2. The lowest BCUT2D eigenvalue weighted by molar-refractivity contribution is -0.123. The number of carbonyl (C=O) groups is 2. The first-order valence-corrected chi connectivity index (χ1v) is 8.89. The Bertz CT molecular complexity index is 938. The first kappa shape index (κ1) is 19.4. The second-order valence-electron chi connectivity index (χ2n) is 6.21. The smallest absolute Gasteiger partial charge is 0.252 e. The fraction of sp³-hybridized carbons (Fsp3) is 0.158. The zero-order chi connectivity index (χ0) is 20.1. The fourth-order valence-corrected chi connectivity index (χ4v) is 2.60. The van der Waals surface area contributed by atoms with Crippen molar-refractivity contribution < 1.29 is 9.59 Å². The van der Waals surface area contributed by atoms with Crippen LogP contribution in [0.5, 0.6) is 0 Å². The number of hydrogen-bond acceptors (Lipinski definition) is 4. The van der Waals surface area contributed by atoms with E-state index in [1.165, 1.54) is 0 Å². The van der Waals surface area contributed by atoms with E-state index in [9.17, 15) is 9.59 Å². The molecule has 144 valence electrons. The van der Waals surface area contributed by atoms with Crippen molar-refractivity contribution in [2.24, 2.45) is 15.7 Å². The van der Waals surface area contributed by atoms with Gasteiger partial charge in [-0.25, -0.2) is 4.99 Å². The van der Waals surface area contributed by atoms with E-state index in [1.54, 1.807) is 24.3 Å². The molecule has 5 N–H and O–H groups in total. The number of guanidine groups is 2. The van der Waals surface area contributed by atoms with E-state index < -0.39 is 11.9 Å². The minimum Gasteiger partial charge on any atom is -0.369 e. The molecule has 0 bridgehead atoms. The molecular formula is C19H19ClN6O2. The Balaban J connectivity index is 1.59. The zero-order valence-corrected chi connectivity index (χ0v) is 15.8. The average molecular weight is 399 g/mol. The van der Waals surface area contributed by atoms with Crippen molar-refractivity contribution in [1.82, 2.24) is 5.32 Å². The van der Waals surface area contributed by atoms with Crippen LogP contribution in [-0.2, 0) is 9.59 Å². The van der Waals surface area contributed by atoms with Crippen molar-refractivity contribution in [3.63, 3.8) is 0 Å². The van der Waals surface area contributed by atoms with E-state index in [-0.39, 0.29) is 24.2 Å². The van der Waals surface area contributed by atoms with Gasteiger partial charge in [0.05, 0.1) is 6.42 Å². The first-order valence-electron chi connectivity index (χ1n) is 8.51. The molecule has 0 aromatic heterocycles. The van der Waals surface area contributed by atoms with Crippen molar-refractivity contribution in [3.8, 4) is 0 Å². The van der Waals surface area contributed by atoms with Crippen molar-refractivity contribution in [3.05, 3.63) is 59.1 Å². The van der Waals surface area contributed by atoms with Crippen LogP contribution in [0.25, 0.3) is 0 Å². The lowest BCUT2D eigenvalue weighted by Gasteiger charge is -2.06. The molecule has 1 aliphatic heterocycles. The molecule has 8 nitrogen and oxygen atoms in total. The van der Waals surface area contributed by atoms with Gasteiger partial charge < -0.3 is 16.4 Å². The van der Waals surface area contributed by atoms with E-state index in [0.717, 1.165) is 11.3 Å². The number of aryl methyl sites for hydroxylation is 1. The predicted molar refractivity (Wildman–Crippen MR) is 110 cm³/mol. The highest BCUT2D eigenvalue weighted by Gasteiger charge is 2.28. The molecule has 2 aromatic rings. The summed E-state index contributed by atoms with van der Waals surface area (Å²) >= 11 is 5.81. The molecule has 0 saturated carbocycles. The second-order valence-corrected chi connectivity index (χ2v) is 6.64. The summed E-state index contributed by atoms with van der Waals surface area (Å²) < 4.78 is 0. The Hall–Kier alpha value is -3.39. The van der Waals surface area contributed by atoms with E-state index in [4.69, 9.17) is 17.3 Å². The van der Waals surface area contributed by atoms with E-state index in [2.05, 4.69) is 25.9 Å². The molecule has 1 heterocycles. The summed E-state index contributed by atoms with van der Waals surface area (Å²) in [6.07, 6.45) is -0.112. The van der Waals surface area contributed by atoms with Gasteiger partial charge in [0.15, 0.2) is 0 Å². The quantitative estimate of drug-likeness (QED) is 0.466. The summed E-state index contributed by atoms with van der Waals surface area (Å²) in [5.74, 6) is -0.615. The van der Waals surface area contributed by atoms with E-state index >= 15 is 0 Å². The predicted octanol–water partition coefficient (Wildman–Crippen LogP) is 2.26. The Morgan fingerprint density at radius 1 is 1.14 bits per heavy atom. The van der Waals surface area contributed by atoms with Crippen LogP contribution in [0, 0.1) is 6.92 Å². The molecule has 2 amide bonds. The summed E-state index contributed by atoms with van der Waals surface area (Å²) in [4.78, 5) is 32.3. The molecule has 9 heteroatoms. The number of nitrogens with one attached hydrogen (secondary N) is 3. The standard InChI is InChI=1S/C19H19ClN6O2/c1-11-2-6-14(7-3-11)23-18(21)26-19-24-15(17(28)25-19)10-16(27)22-13-8-4-12(20)5-9-13/h2-9,15H,10H2,1H3,(H,22,27)(H4,21,23,24,25,26,28)/t15-/m1/s1. The van der Waals surface area contributed by atoms with Crippen LogP contribution in [0.15, 0.2) is 58.5 Å². The van der Waals surface area contributed by atoms with Gasteiger partial charge in [0.1, 0.15) is 6.04 Å². The van der Waals surface area contributed by atoms with Crippen molar-refractivity contribution in [2.75, 3.05) is 10.6 Å². The lowest BCUT2D eigenvalue weighted by atomic mass is 10.2. The number of hydrogen-bond donors (Lipinski definition) is 4. The number of rotatable bonds is 4. The highest BCUT2D eigenvalue weighted by molar-refractivity contribution is 6.30. The average Bonchev–Trinajstić information content (AvgIpc) is 2.97. The van der Waals surface area contributed by atoms with Gasteiger partial charge in [0, 0.05) is 16.4 Å². The third kappa shape index (κ3) is 5.31. The van der Waals surface area contributed by atoms with Gasteiger partial charge in [0.25, 0.3) is 5.91 Å². The molecule has 1 atom stereocenters. The van der Waals surface area contributed by atoms with Crippen molar-refractivity contribution in [1.29, 1.82) is 0 Å². The van der Waals surface area contributed by atoms with E-state index in [1.807, 2.05) is 31.2 Å². The van der Waals surface area contributed by atoms with Gasteiger partial charge in [-0.1, -0.05) is 29.3 Å². The van der Waals surface area contributed by atoms with Gasteiger partial charge in [0.2, 0.25) is 17.8 Å². The maximum Gasteiger partial charge on any atom is 0.252 e. The molecule has 0 spiro atoms. The molecule has 0 unspecified atom stereocenters. The molecule has 2 aromatic carbocycles. The number of amides is 2. The largest absolute Gasteiger partial charge is 0.369 e. The highest BCUT2D eigenvalue weighted by Crippen LogP contribution is 2.15. The normalized spacial score (nSPS) is 16.4. The maximum atomic E-state index is 12.1. The van der Waals surface area contributed by atoms with Crippen LogP contribution in [0.2, 0.25) is 5.02 Å². The molecule has 0 aliphatic carbocycles. The third-order valence-corrected chi connectivity index (χ3v) is 4.12. The van der Waals surface area contributed by atoms with Crippen molar-refractivity contribution >= 4 is 46.7 Å². The third-order valence-electron chi connectivity index (χ3n) is 3.87. The number of benzene rings is 2. The topological polar surface area (TPSA) is 121 Å². The number of carbonyl (C=O) groups excluding carboxylic acids is 2. The Labute approximate surface area is 166 Å². The SMILES string of the molecule is Cc1ccc(NC(N)=NC2=N[C@H](CC(=O)Nc3ccc(Cl)cc3)C(=O)N2)cc1. The lowest BCUT2D eigenvalue weighted by Crippen LogP contribution is -2.32. The molecule has 1 aliphatic rings. The molecule has 0 fully saturated rings. The van der Waals surface area contributed by atoms with Crippen LogP contribution < -0.4 is 21.7 Å².